The summed E-state index contributed by atoms with van der Waals surface area (Å²) in [6.07, 6.45) is 1.51. The van der Waals surface area contributed by atoms with Gasteiger partial charge in [-0.15, -0.1) is 0 Å². The second-order valence-electron chi connectivity index (χ2n) is 13.3. The fraction of sp³-hybridized carbons (Fsp3) is 0.528. The molecule has 2 aromatic rings. The van der Waals surface area contributed by atoms with Crippen LogP contribution in [0.3, 0.4) is 0 Å². The lowest BCUT2D eigenvalue weighted by Gasteiger charge is -2.20. The summed E-state index contributed by atoms with van der Waals surface area (Å²) in [7, 11) is 0. The average molecular weight is 655 g/mol. The van der Waals surface area contributed by atoms with Crippen LogP contribution in [0.4, 0.5) is 9.59 Å². The van der Waals surface area contributed by atoms with Crippen molar-refractivity contribution in [1.82, 2.24) is 5.32 Å². The van der Waals surface area contributed by atoms with Crippen LogP contribution in [0.25, 0.3) is 0 Å². The molecule has 0 aliphatic carbocycles. The molecule has 2 aromatic carbocycles. The average Bonchev–Trinajstić information content (AvgIpc) is 3.62. The van der Waals surface area contributed by atoms with Gasteiger partial charge in [-0.1, -0.05) is 60.7 Å². The molecule has 0 bridgehead atoms. The first-order chi connectivity index (χ1) is 22.0. The van der Waals surface area contributed by atoms with E-state index in [-0.39, 0.29) is 24.0 Å². The lowest BCUT2D eigenvalue weighted by Crippen LogP contribution is -2.35. The number of benzene rings is 2. The number of rotatable bonds is 6. The van der Waals surface area contributed by atoms with Gasteiger partial charge in [-0.2, -0.15) is 0 Å². The van der Waals surface area contributed by atoms with Crippen LogP contribution in [0, 0.1) is 0 Å². The molecule has 0 spiro atoms. The van der Waals surface area contributed by atoms with E-state index in [9.17, 15) is 19.2 Å². The van der Waals surface area contributed by atoms with E-state index in [1.165, 1.54) is 0 Å². The number of carbonyl (C=O) groups is 4. The largest absolute Gasteiger partial charge is 0.519 e. The van der Waals surface area contributed by atoms with Crippen LogP contribution in [0.2, 0.25) is 0 Å². The Morgan fingerprint density at radius 2 is 1.19 bits per heavy atom. The van der Waals surface area contributed by atoms with Crippen molar-refractivity contribution >= 4 is 30.0 Å². The normalized spacial score (nSPS) is 18.6. The second-order valence-corrected chi connectivity index (χ2v) is 13.3. The Bertz CT molecular complexity index is 1290. The van der Waals surface area contributed by atoms with Crippen LogP contribution in [-0.2, 0) is 46.5 Å². The smallest absolute Gasteiger partial charge is 0.460 e. The van der Waals surface area contributed by atoms with Crippen molar-refractivity contribution in [3.8, 4) is 0 Å². The molecule has 258 valence electrons. The molecule has 1 fully saturated rings. The van der Waals surface area contributed by atoms with E-state index in [0.29, 0.717) is 19.3 Å². The zero-order valence-electron chi connectivity index (χ0n) is 28.9. The second kappa shape index (κ2) is 18.8. The first-order valence-corrected chi connectivity index (χ1v) is 15.8. The summed E-state index contributed by atoms with van der Waals surface area (Å²) in [6.45, 7) is 14.8. The van der Waals surface area contributed by atoms with Crippen molar-refractivity contribution < 1.29 is 42.9 Å². The monoisotopic (exact) mass is 654 g/mol. The van der Waals surface area contributed by atoms with Crippen molar-refractivity contribution in [3.63, 3.8) is 0 Å². The Kier molecular flexibility index (Phi) is 15.6. The van der Waals surface area contributed by atoms with Crippen LogP contribution >= 0.6 is 0 Å². The Morgan fingerprint density at radius 3 is 1.57 bits per heavy atom. The predicted octanol–water partition coefficient (Wildman–Crippen LogP) is 7.10. The highest BCUT2D eigenvalue weighted by Crippen LogP contribution is 2.16. The van der Waals surface area contributed by atoms with E-state index in [2.05, 4.69) is 22.0 Å². The lowest BCUT2D eigenvalue weighted by atomic mass is 10.2. The molecule has 11 heteroatoms. The van der Waals surface area contributed by atoms with Gasteiger partial charge in [0.15, 0.2) is 0 Å². The Morgan fingerprint density at radius 1 is 0.723 bits per heavy atom. The van der Waals surface area contributed by atoms with Crippen LogP contribution in [0.15, 0.2) is 65.7 Å². The third kappa shape index (κ3) is 17.3. The minimum Gasteiger partial charge on any atom is -0.460 e. The molecule has 2 aliphatic rings. The summed E-state index contributed by atoms with van der Waals surface area (Å²) in [5.41, 5.74) is 1.69. The fourth-order valence-electron chi connectivity index (χ4n) is 4.29. The molecule has 2 heterocycles. The molecule has 0 aromatic heterocycles. The zero-order valence-corrected chi connectivity index (χ0v) is 28.9. The molecule has 0 unspecified atom stereocenters. The van der Waals surface area contributed by atoms with Gasteiger partial charge in [0.2, 0.25) is 0 Å². The highest BCUT2D eigenvalue weighted by molar-refractivity contribution is 5.89. The number of nitrogens with zero attached hydrogens (tertiary/aromatic N) is 1. The van der Waals surface area contributed by atoms with E-state index in [0.717, 1.165) is 42.5 Å². The third-order valence-electron chi connectivity index (χ3n) is 6.48. The maximum Gasteiger partial charge on any atom is 0.519 e. The maximum atomic E-state index is 11.7. The third-order valence-corrected chi connectivity index (χ3v) is 6.48. The topological polar surface area (TPSA) is 139 Å². The van der Waals surface area contributed by atoms with Crippen LogP contribution in [-0.4, -0.2) is 59.3 Å². The summed E-state index contributed by atoms with van der Waals surface area (Å²) >= 11 is 0. The molecule has 47 heavy (non-hydrogen) atoms. The molecule has 1 N–H and O–H groups in total. The van der Waals surface area contributed by atoms with Crippen molar-refractivity contribution in [3.05, 3.63) is 71.8 Å². The highest BCUT2D eigenvalue weighted by atomic mass is 16.8. The van der Waals surface area contributed by atoms with Crippen molar-refractivity contribution in [2.24, 2.45) is 4.99 Å². The van der Waals surface area contributed by atoms with Gasteiger partial charge in [-0.25, -0.2) is 14.4 Å². The lowest BCUT2D eigenvalue weighted by molar-refractivity contribution is -0.147. The minimum absolute atomic E-state index is 0.112. The summed E-state index contributed by atoms with van der Waals surface area (Å²) in [5, 5.41) is 3.22. The Balaban J connectivity index is 0.000000245. The number of nitrogens with one attached hydrogen (secondary N) is 1. The van der Waals surface area contributed by atoms with Crippen molar-refractivity contribution in [2.75, 3.05) is 0 Å². The molecular formula is C36H50N2O9. The van der Waals surface area contributed by atoms with Crippen LogP contribution < -0.4 is 5.32 Å². The van der Waals surface area contributed by atoms with Crippen LogP contribution in [0.1, 0.15) is 92.2 Å². The van der Waals surface area contributed by atoms with E-state index in [1.54, 1.807) is 41.5 Å². The quantitative estimate of drug-likeness (QED) is 0.195. The number of hydrogen-bond acceptors (Lipinski definition) is 11. The molecule has 0 saturated carbocycles. The van der Waals surface area contributed by atoms with Gasteiger partial charge in [0.1, 0.15) is 36.5 Å². The SMILES string of the molecule is CC(C)(C)OC(=O)OC(=O)OC(C)(C)C.CC1=N[C@H](C(=O)OCc2ccccc2)CC1.C[C@H]1CC[C@@H](C(=O)OCc2ccccc2)N1. The number of esters is 2. The van der Waals surface area contributed by atoms with Gasteiger partial charge in [-0.05, 0) is 92.2 Å². The van der Waals surface area contributed by atoms with Gasteiger partial charge in [0.05, 0.1) is 0 Å². The van der Waals surface area contributed by atoms with Gasteiger partial charge in [0, 0.05) is 11.8 Å². The van der Waals surface area contributed by atoms with E-state index >= 15 is 0 Å². The molecule has 4 rings (SSSR count). The Labute approximate surface area is 278 Å². The standard InChI is InChI=1S/C13H17NO2.C13H15NO2.C10H18O5/c2*1-10-7-8-12(14-10)13(15)16-9-11-5-3-2-4-6-11;1-9(2,3)14-7(11)13-8(12)15-10(4,5)6/h2-6,10,12,14H,7-9H2,1H3;2-6,12H,7-9H2,1H3;1-6H3/t10-,12-;12-;/m00./s1. The summed E-state index contributed by atoms with van der Waals surface area (Å²) in [5.74, 6) is -0.339. The van der Waals surface area contributed by atoms with E-state index in [1.807, 2.05) is 67.6 Å². The van der Waals surface area contributed by atoms with E-state index in [4.69, 9.17) is 18.9 Å². The Hall–Kier alpha value is -4.25. The fourth-order valence-corrected chi connectivity index (χ4v) is 4.29. The number of aliphatic imine (C=N–C) groups is 1. The van der Waals surface area contributed by atoms with Gasteiger partial charge in [-0.3, -0.25) is 9.79 Å². The van der Waals surface area contributed by atoms with E-state index < -0.39 is 23.5 Å². The molecule has 1 saturated heterocycles. The molecule has 11 nitrogen and oxygen atoms in total. The highest BCUT2D eigenvalue weighted by Gasteiger charge is 2.28. The van der Waals surface area contributed by atoms with Crippen molar-refractivity contribution in [2.45, 2.75) is 124 Å². The summed E-state index contributed by atoms with van der Waals surface area (Å²) < 4.78 is 24.3. The number of carbonyl (C=O) groups excluding carboxylic acids is 4. The minimum atomic E-state index is -1.06. The molecular weight excluding hydrogens is 604 g/mol. The molecule has 3 atom stereocenters. The summed E-state index contributed by atoms with van der Waals surface area (Å²) in [6, 6.07) is 19.5. The maximum absolute atomic E-state index is 11.7. The van der Waals surface area contributed by atoms with Crippen molar-refractivity contribution in [1.29, 1.82) is 0 Å². The molecule has 2 aliphatic heterocycles. The molecule has 0 amide bonds. The van der Waals surface area contributed by atoms with Gasteiger partial charge in [0.25, 0.3) is 0 Å². The first kappa shape index (κ1) is 38.9. The first-order valence-electron chi connectivity index (χ1n) is 15.8. The van der Waals surface area contributed by atoms with Gasteiger partial charge < -0.3 is 29.0 Å². The van der Waals surface area contributed by atoms with Crippen LogP contribution in [0.5, 0.6) is 0 Å². The predicted molar refractivity (Wildman–Crippen MR) is 178 cm³/mol. The number of hydrogen-bond donors (Lipinski definition) is 1. The summed E-state index contributed by atoms with van der Waals surface area (Å²) in [4.78, 5) is 49.6. The van der Waals surface area contributed by atoms with Gasteiger partial charge >= 0.3 is 24.2 Å². The zero-order chi connectivity index (χ0) is 35.0. The number of ether oxygens (including phenoxy) is 5. The molecule has 0 radical (unpaired) electrons.